The van der Waals surface area contributed by atoms with Gasteiger partial charge in [-0.3, -0.25) is 0 Å². The fourth-order valence-electron chi connectivity index (χ4n) is 2.67. The Morgan fingerprint density at radius 2 is 2.24 bits per heavy atom. The summed E-state index contributed by atoms with van der Waals surface area (Å²) in [4.78, 5) is 0. The van der Waals surface area contributed by atoms with Gasteiger partial charge in [0.2, 0.25) is 5.92 Å². The highest BCUT2D eigenvalue weighted by atomic mass is 19.3. The Hall–Kier alpha value is -0.620. The lowest BCUT2D eigenvalue weighted by atomic mass is 9.80. The maximum absolute atomic E-state index is 13.4. The first-order chi connectivity index (χ1) is 8.09. The molecular weight excluding hydrogens is 220 g/mol. The standard InChI is InChI=1S/C14H23F2N/c1-3-5-6-9-13(17-4-2)12-8-7-10-14(15,16)11-12/h12-13,17H,4,6-11H2,1-2H3. The summed E-state index contributed by atoms with van der Waals surface area (Å²) in [6.07, 6.45) is 3.37. The zero-order valence-corrected chi connectivity index (χ0v) is 10.9. The van der Waals surface area contributed by atoms with Gasteiger partial charge < -0.3 is 5.32 Å². The van der Waals surface area contributed by atoms with Crippen molar-refractivity contribution in [2.75, 3.05) is 6.54 Å². The Bertz CT molecular complexity index is 278. The summed E-state index contributed by atoms with van der Waals surface area (Å²) in [7, 11) is 0. The van der Waals surface area contributed by atoms with E-state index in [4.69, 9.17) is 0 Å². The van der Waals surface area contributed by atoms with Crippen molar-refractivity contribution in [3.05, 3.63) is 0 Å². The molecule has 1 nitrogen and oxygen atoms in total. The average Bonchev–Trinajstić information content (AvgIpc) is 2.27. The molecule has 0 spiro atoms. The van der Waals surface area contributed by atoms with Gasteiger partial charge in [-0.15, -0.1) is 11.8 Å². The van der Waals surface area contributed by atoms with Crippen LogP contribution in [0.4, 0.5) is 8.78 Å². The summed E-state index contributed by atoms with van der Waals surface area (Å²) in [5.41, 5.74) is 0. The second-order valence-corrected chi connectivity index (χ2v) is 4.84. The highest BCUT2D eigenvalue weighted by molar-refractivity contribution is 4.96. The zero-order chi connectivity index (χ0) is 12.7. The summed E-state index contributed by atoms with van der Waals surface area (Å²) < 4.78 is 26.8. The molecule has 0 bridgehead atoms. The fourth-order valence-corrected chi connectivity index (χ4v) is 2.67. The van der Waals surface area contributed by atoms with E-state index in [2.05, 4.69) is 17.2 Å². The topological polar surface area (TPSA) is 12.0 Å². The molecule has 1 rings (SSSR count). The van der Waals surface area contributed by atoms with E-state index in [9.17, 15) is 8.78 Å². The predicted molar refractivity (Wildman–Crippen MR) is 67.1 cm³/mol. The molecule has 3 heteroatoms. The Morgan fingerprint density at radius 3 is 2.82 bits per heavy atom. The van der Waals surface area contributed by atoms with Crippen LogP contribution in [0.3, 0.4) is 0 Å². The number of rotatable bonds is 5. The van der Waals surface area contributed by atoms with Gasteiger partial charge in [0.05, 0.1) is 0 Å². The van der Waals surface area contributed by atoms with Crippen molar-refractivity contribution < 1.29 is 8.78 Å². The molecule has 2 atom stereocenters. The van der Waals surface area contributed by atoms with Gasteiger partial charge in [0.1, 0.15) is 0 Å². The number of halogens is 2. The number of alkyl halides is 2. The van der Waals surface area contributed by atoms with Gasteiger partial charge in [-0.05, 0) is 38.6 Å². The summed E-state index contributed by atoms with van der Waals surface area (Å²) in [5.74, 6) is 3.54. The molecule has 0 aromatic rings. The molecule has 0 aromatic heterocycles. The first-order valence-corrected chi connectivity index (χ1v) is 6.60. The van der Waals surface area contributed by atoms with Crippen molar-refractivity contribution in [3.8, 4) is 11.8 Å². The van der Waals surface area contributed by atoms with E-state index in [1.807, 2.05) is 13.8 Å². The molecule has 0 aliphatic heterocycles. The van der Waals surface area contributed by atoms with E-state index in [0.29, 0.717) is 6.42 Å². The molecule has 1 N–H and O–H groups in total. The molecule has 1 saturated carbocycles. The first kappa shape index (κ1) is 14.4. The van der Waals surface area contributed by atoms with Crippen LogP contribution in [-0.2, 0) is 0 Å². The molecule has 1 fully saturated rings. The third-order valence-electron chi connectivity index (χ3n) is 3.47. The maximum Gasteiger partial charge on any atom is 0.248 e. The first-order valence-electron chi connectivity index (χ1n) is 6.60. The van der Waals surface area contributed by atoms with E-state index in [-0.39, 0.29) is 24.8 Å². The summed E-state index contributed by atoms with van der Waals surface area (Å²) >= 11 is 0. The Balaban J connectivity index is 2.52. The quantitative estimate of drug-likeness (QED) is 0.728. The summed E-state index contributed by atoms with van der Waals surface area (Å²) in [5, 5.41) is 3.35. The molecule has 0 aromatic carbocycles. The van der Waals surface area contributed by atoms with Crippen molar-refractivity contribution in [2.24, 2.45) is 5.92 Å². The molecule has 17 heavy (non-hydrogen) atoms. The van der Waals surface area contributed by atoms with Crippen LogP contribution in [0.25, 0.3) is 0 Å². The van der Waals surface area contributed by atoms with Gasteiger partial charge in [0.25, 0.3) is 0 Å². The highest BCUT2D eigenvalue weighted by Crippen LogP contribution is 2.38. The molecule has 1 aliphatic carbocycles. The second kappa shape index (κ2) is 6.96. The Kier molecular flexibility index (Phi) is 5.91. The van der Waals surface area contributed by atoms with E-state index in [0.717, 1.165) is 25.8 Å². The normalized spacial score (nSPS) is 24.8. The molecule has 0 amide bonds. The van der Waals surface area contributed by atoms with Gasteiger partial charge in [-0.1, -0.05) is 6.92 Å². The molecule has 1 aliphatic rings. The fraction of sp³-hybridized carbons (Fsp3) is 0.857. The molecule has 0 saturated heterocycles. The van der Waals surface area contributed by atoms with Gasteiger partial charge in [-0.25, -0.2) is 8.78 Å². The minimum atomic E-state index is -2.45. The third kappa shape index (κ3) is 5.04. The van der Waals surface area contributed by atoms with Crippen molar-refractivity contribution in [3.63, 3.8) is 0 Å². The van der Waals surface area contributed by atoms with Gasteiger partial charge >= 0.3 is 0 Å². The van der Waals surface area contributed by atoms with Crippen molar-refractivity contribution in [1.29, 1.82) is 0 Å². The van der Waals surface area contributed by atoms with Crippen LogP contribution in [-0.4, -0.2) is 18.5 Å². The van der Waals surface area contributed by atoms with Crippen LogP contribution in [0.1, 0.15) is 52.4 Å². The van der Waals surface area contributed by atoms with Gasteiger partial charge in [0, 0.05) is 25.3 Å². The van der Waals surface area contributed by atoms with Crippen LogP contribution >= 0.6 is 0 Å². The number of hydrogen-bond acceptors (Lipinski definition) is 1. The largest absolute Gasteiger partial charge is 0.314 e. The van der Waals surface area contributed by atoms with E-state index in [1.54, 1.807) is 0 Å². The van der Waals surface area contributed by atoms with Crippen LogP contribution in [0.2, 0.25) is 0 Å². The van der Waals surface area contributed by atoms with Crippen molar-refractivity contribution >= 4 is 0 Å². The second-order valence-electron chi connectivity index (χ2n) is 4.84. The lowest BCUT2D eigenvalue weighted by Crippen LogP contribution is -2.41. The van der Waals surface area contributed by atoms with Crippen LogP contribution < -0.4 is 5.32 Å². The van der Waals surface area contributed by atoms with Crippen LogP contribution in [0.5, 0.6) is 0 Å². The summed E-state index contributed by atoms with van der Waals surface area (Å²) in [6, 6.07) is 0.201. The smallest absolute Gasteiger partial charge is 0.248 e. The molecule has 2 unspecified atom stereocenters. The Morgan fingerprint density at radius 1 is 1.47 bits per heavy atom. The molecule has 0 radical (unpaired) electrons. The zero-order valence-electron chi connectivity index (χ0n) is 10.9. The lowest BCUT2D eigenvalue weighted by molar-refractivity contribution is -0.0584. The van der Waals surface area contributed by atoms with Crippen molar-refractivity contribution in [2.45, 2.75) is 64.3 Å². The minimum Gasteiger partial charge on any atom is -0.314 e. The number of nitrogens with one attached hydrogen (secondary N) is 1. The minimum absolute atomic E-state index is 0.0459. The van der Waals surface area contributed by atoms with Gasteiger partial charge in [0.15, 0.2) is 0 Å². The van der Waals surface area contributed by atoms with Crippen LogP contribution in [0, 0.1) is 17.8 Å². The molecule has 0 heterocycles. The third-order valence-corrected chi connectivity index (χ3v) is 3.47. The lowest BCUT2D eigenvalue weighted by Gasteiger charge is -2.34. The molecule has 98 valence electrons. The Labute approximate surface area is 103 Å². The van der Waals surface area contributed by atoms with Crippen LogP contribution in [0.15, 0.2) is 0 Å². The monoisotopic (exact) mass is 243 g/mol. The highest BCUT2D eigenvalue weighted by Gasteiger charge is 2.38. The molecular formula is C14H23F2N. The SMILES string of the molecule is CC#CCCC(NCC)C1CCCC(F)(F)C1. The van der Waals surface area contributed by atoms with Crippen molar-refractivity contribution in [1.82, 2.24) is 5.32 Å². The van der Waals surface area contributed by atoms with E-state index in [1.165, 1.54) is 0 Å². The van der Waals surface area contributed by atoms with Gasteiger partial charge in [-0.2, -0.15) is 0 Å². The summed E-state index contributed by atoms with van der Waals surface area (Å²) in [6.45, 7) is 4.68. The number of hydrogen-bond donors (Lipinski definition) is 1. The average molecular weight is 243 g/mol. The maximum atomic E-state index is 13.4. The van der Waals surface area contributed by atoms with E-state index >= 15 is 0 Å². The predicted octanol–water partition coefficient (Wildman–Crippen LogP) is 3.59. The van der Waals surface area contributed by atoms with E-state index < -0.39 is 5.92 Å².